The van der Waals surface area contributed by atoms with Crippen molar-refractivity contribution in [1.29, 1.82) is 0 Å². The van der Waals surface area contributed by atoms with Crippen molar-refractivity contribution in [3.63, 3.8) is 0 Å². The van der Waals surface area contributed by atoms with E-state index in [4.69, 9.17) is 16.3 Å². The fourth-order valence-corrected chi connectivity index (χ4v) is 1.44. The lowest BCUT2D eigenvalue weighted by Gasteiger charge is -2.03. The Balaban J connectivity index is 3.04. The molecule has 0 amide bonds. The van der Waals surface area contributed by atoms with Crippen molar-refractivity contribution < 1.29 is 14.6 Å². The predicted octanol–water partition coefficient (Wildman–Crippen LogP) is 4.08. The summed E-state index contributed by atoms with van der Waals surface area (Å²) in [6.07, 6.45) is 0. The number of aliphatic hydroxyl groups is 1. The lowest BCUT2D eigenvalue weighted by Crippen LogP contribution is -2.07. The van der Waals surface area contributed by atoms with Crippen LogP contribution in [0, 0.1) is 6.92 Å². The normalized spacial score (nSPS) is 12.4. The fourth-order valence-electron chi connectivity index (χ4n) is 1.27. The summed E-state index contributed by atoms with van der Waals surface area (Å²) in [7, 11) is 0. The molecule has 0 aliphatic carbocycles. The molecule has 1 aromatic carbocycles. The number of halogens is 1. The Bertz CT molecular complexity index is 535. The van der Waals surface area contributed by atoms with Gasteiger partial charge in [-0.2, -0.15) is 0 Å². The molecule has 0 fully saturated rings. The van der Waals surface area contributed by atoms with Crippen molar-refractivity contribution in [2.75, 3.05) is 6.61 Å². The Kier molecular flexibility index (Phi) is 5.51. The molecule has 1 N–H and O–H groups in total. The van der Waals surface area contributed by atoms with E-state index >= 15 is 0 Å². The Morgan fingerprint density at radius 3 is 2.74 bits per heavy atom. The van der Waals surface area contributed by atoms with Crippen molar-refractivity contribution in [2.24, 2.45) is 10.2 Å². The summed E-state index contributed by atoms with van der Waals surface area (Å²) in [5, 5.41) is 17.6. The fraction of sp³-hybridized carbons (Fsp3) is 0.308. The van der Waals surface area contributed by atoms with E-state index in [2.05, 4.69) is 10.2 Å². The number of carbonyl (C=O) groups is 1. The van der Waals surface area contributed by atoms with Crippen LogP contribution in [0.1, 0.15) is 19.4 Å². The average Bonchev–Trinajstić information content (AvgIpc) is 2.34. The molecule has 0 saturated heterocycles. The van der Waals surface area contributed by atoms with Crippen molar-refractivity contribution >= 4 is 23.3 Å². The first-order chi connectivity index (χ1) is 8.97. The molecule has 0 unspecified atom stereocenters. The summed E-state index contributed by atoms with van der Waals surface area (Å²) in [5.74, 6) is -0.965. The third-order valence-corrected chi connectivity index (χ3v) is 2.72. The van der Waals surface area contributed by atoms with Gasteiger partial charge >= 0.3 is 5.97 Å². The minimum atomic E-state index is -0.717. The second-order valence-electron chi connectivity index (χ2n) is 3.74. The number of rotatable bonds is 4. The Labute approximate surface area is 116 Å². The number of allylic oxidation sites excluding steroid dienone is 1. The highest BCUT2D eigenvalue weighted by Crippen LogP contribution is 2.26. The summed E-state index contributed by atoms with van der Waals surface area (Å²) in [6, 6.07) is 5.17. The van der Waals surface area contributed by atoms with Gasteiger partial charge in [0.1, 0.15) is 5.76 Å². The SMILES string of the molecule is CCOC(=O)/C(N=Nc1cccc(Cl)c1C)=C(\C)O. The molecule has 0 spiro atoms. The molecule has 0 bridgehead atoms. The van der Waals surface area contributed by atoms with Gasteiger partial charge in [-0.1, -0.05) is 17.7 Å². The first kappa shape index (κ1) is 15.2. The second kappa shape index (κ2) is 6.89. The first-order valence-corrected chi connectivity index (χ1v) is 6.09. The second-order valence-corrected chi connectivity index (χ2v) is 4.15. The maximum Gasteiger partial charge on any atom is 0.362 e. The first-order valence-electron chi connectivity index (χ1n) is 5.71. The molecule has 0 radical (unpaired) electrons. The molecular weight excluding hydrogens is 268 g/mol. The molecule has 0 heterocycles. The summed E-state index contributed by atoms with van der Waals surface area (Å²) in [5.41, 5.74) is 1.04. The molecule has 5 nitrogen and oxygen atoms in total. The van der Waals surface area contributed by atoms with Gasteiger partial charge < -0.3 is 9.84 Å². The topological polar surface area (TPSA) is 71.2 Å². The molecule has 0 aromatic heterocycles. The van der Waals surface area contributed by atoms with E-state index in [1.54, 1.807) is 32.0 Å². The van der Waals surface area contributed by atoms with E-state index in [-0.39, 0.29) is 18.1 Å². The van der Waals surface area contributed by atoms with Gasteiger partial charge in [-0.15, -0.1) is 10.2 Å². The van der Waals surface area contributed by atoms with Gasteiger partial charge in [0, 0.05) is 5.02 Å². The molecule has 6 heteroatoms. The Morgan fingerprint density at radius 1 is 1.47 bits per heavy atom. The summed E-state index contributed by atoms with van der Waals surface area (Å²) in [4.78, 5) is 11.5. The van der Waals surface area contributed by atoms with Crippen LogP contribution in [-0.4, -0.2) is 17.7 Å². The van der Waals surface area contributed by atoms with Crippen LogP contribution in [-0.2, 0) is 9.53 Å². The number of esters is 1. The molecule has 1 aromatic rings. The third kappa shape index (κ3) is 4.06. The summed E-state index contributed by atoms with van der Waals surface area (Å²) >= 11 is 5.95. The van der Waals surface area contributed by atoms with Gasteiger partial charge in [-0.25, -0.2) is 4.79 Å². The smallest absolute Gasteiger partial charge is 0.362 e. The number of benzene rings is 1. The molecule has 102 valence electrons. The van der Waals surface area contributed by atoms with E-state index < -0.39 is 5.97 Å². The average molecular weight is 283 g/mol. The van der Waals surface area contributed by atoms with Crippen LogP contribution in [0.3, 0.4) is 0 Å². The van der Waals surface area contributed by atoms with Gasteiger partial charge in [0.25, 0.3) is 0 Å². The third-order valence-electron chi connectivity index (χ3n) is 2.31. The van der Waals surface area contributed by atoms with Crippen molar-refractivity contribution in [1.82, 2.24) is 0 Å². The van der Waals surface area contributed by atoms with Gasteiger partial charge in [0.05, 0.1) is 12.3 Å². The van der Waals surface area contributed by atoms with Crippen LogP contribution in [0.4, 0.5) is 5.69 Å². The number of aliphatic hydroxyl groups excluding tert-OH is 1. The van der Waals surface area contributed by atoms with Crippen LogP contribution in [0.5, 0.6) is 0 Å². The van der Waals surface area contributed by atoms with Crippen LogP contribution in [0.15, 0.2) is 39.9 Å². The highest BCUT2D eigenvalue weighted by Gasteiger charge is 2.14. The number of ether oxygens (including phenoxy) is 1. The zero-order valence-corrected chi connectivity index (χ0v) is 11.7. The number of carbonyl (C=O) groups excluding carboxylic acids is 1. The number of hydrogen-bond acceptors (Lipinski definition) is 5. The summed E-state index contributed by atoms with van der Waals surface area (Å²) in [6.45, 7) is 4.99. The van der Waals surface area contributed by atoms with E-state index in [1.165, 1.54) is 6.92 Å². The number of hydrogen-bond donors (Lipinski definition) is 1. The largest absolute Gasteiger partial charge is 0.510 e. The predicted molar refractivity (Wildman–Crippen MR) is 72.7 cm³/mol. The van der Waals surface area contributed by atoms with E-state index in [0.29, 0.717) is 10.7 Å². The lowest BCUT2D eigenvalue weighted by atomic mass is 10.2. The zero-order chi connectivity index (χ0) is 14.4. The molecule has 0 saturated carbocycles. The molecule has 19 heavy (non-hydrogen) atoms. The minimum Gasteiger partial charge on any atom is -0.510 e. The molecular formula is C13H15ClN2O3. The Morgan fingerprint density at radius 2 is 2.16 bits per heavy atom. The zero-order valence-electron chi connectivity index (χ0n) is 11.0. The molecule has 0 aliphatic rings. The van der Waals surface area contributed by atoms with Gasteiger partial charge in [-0.3, -0.25) is 0 Å². The van der Waals surface area contributed by atoms with Crippen LogP contribution in [0.2, 0.25) is 5.02 Å². The maximum atomic E-state index is 11.5. The maximum absolute atomic E-state index is 11.5. The van der Waals surface area contributed by atoms with Crippen molar-refractivity contribution in [3.8, 4) is 0 Å². The van der Waals surface area contributed by atoms with Crippen LogP contribution in [0.25, 0.3) is 0 Å². The van der Waals surface area contributed by atoms with E-state index in [9.17, 15) is 9.90 Å². The van der Waals surface area contributed by atoms with E-state index in [0.717, 1.165) is 5.56 Å². The number of nitrogens with zero attached hydrogens (tertiary/aromatic N) is 2. The quantitative estimate of drug-likeness (QED) is 0.391. The lowest BCUT2D eigenvalue weighted by molar-refractivity contribution is -0.138. The molecule has 0 atom stereocenters. The van der Waals surface area contributed by atoms with Crippen molar-refractivity contribution in [3.05, 3.63) is 40.2 Å². The van der Waals surface area contributed by atoms with Crippen molar-refractivity contribution in [2.45, 2.75) is 20.8 Å². The highest BCUT2D eigenvalue weighted by atomic mass is 35.5. The van der Waals surface area contributed by atoms with Gasteiger partial charge in [-0.05, 0) is 38.5 Å². The van der Waals surface area contributed by atoms with Crippen LogP contribution >= 0.6 is 11.6 Å². The molecule has 1 rings (SSSR count). The standard InChI is InChI=1S/C13H15ClN2O3/c1-4-19-13(18)12(9(3)17)16-15-11-7-5-6-10(14)8(11)2/h5-7,17H,4H2,1-3H3/b12-9-,16-15?. The minimum absolute atomic E-state index is 0.196. The molecule has 0 aliphatic heterocycles. The highest BCUT2D eigenvalue weighted by molar-refractivity contribution is 6.31. The monoisotopic (exact) mass is 282 g/mol. The van der Waals surface area contributed by atoms with Gasteiger partial charge in [0.2, 0.25) is 5.70 Å². The summed E-state index contributed by atoms with van der Waals surface area (Å²) < 4.78 is 4.77. The van der Waals surface area contributed by atoms with E-state index in [1.807, 2.05) is 0 Å². The number of azo groups is 1. The van der Waals surface area contributed by atoms with Gasteiger partial charge in [0.15, 0.2) is 0 Å². The Hall–Kier alpha value is -1.88. The van der Waals surface area contributed by atoms with Crippen LogP contribution < -0.4 is 0 Å².